The number of hydrogen-bond donors (Lipinski definition) is 1. The number of para-hydroxylation sites is 1. The molecular weight excluding hydrogens is 314 g/mol. The second kappa shape index (κ2) is 6.26. The lowest BCUT2D eigenvalue weighted by Crippen LogP contribution is -2.20. The molecule has 0 amide bonds. The van der Waals surface area contributed by atoms with Crippen LogP contribution >= 0.6 is 11.6 Å². The van der Waals surface area contributed by atoms with Crippen LogP contribution in [0.2, 0.25) is 5.02 Å². The molecule has 0 aliphatic heterocycles. The molecule has 116 valence electrons. The Labute approximate surface area is 137 Å². The number of aromatic nitrogens is 1. The fourth-order valence-electron chi connectivity index (χ4n) is 2.47. The van der Waals surface area contributed by atoms with E-state index in [1.54, 1.807) is 49.4 Å². The first kappa shape index (κ1) is 15.3. The molecule has 0 spiro atoms. The lowest BCUT2D eigenvalue weighted by atomic mass is 10.0. The van der Waals surface area contributed by atoms with Crippen LogP contribution in [-0.4, -0.2) is 17.6 Å². The summed E-state index contributed by atoms with van der Waals surface area (Å²) in [7, 11) is 0. The van der Waals surface area contributed by atoms with E-state index in [0.717, 1.165) is 0 Å². The molecule has 4 nitrogen and oxygen atoms in total. The number of halogens is 1. The zero-order valence-corrected chi connectivity index (χ0v) is 13.2. The number of H-pyrrole nitrogens is 1. The van der Waals surface area contributed by atoms with E-state index in [9.17, 15) is 9.59 Å². The van der Waals surface area contributed by atoms with E-state index in [1.165, 1.54) is 0 Å². The van der Waals surface area contributed by atoms with E-state index in [-0.39, 0.29) is 17.6 Å². The molecule has 0 bridgehead atoms. The predicted octanol–water partition coefficient (Wildman–Crippen LogP) is 4.03. The molecule has 2 aromatic carbocycles. The van der Waals surface area contributed by atoms with Crippen molar-refractivity contribution >= 4 is 28.5 Å². The van der Waals surface area contributed by atoms with E-state index in [2.05, 4.69) is 4.98 Å². The van der Waals surface area contributed by atoms with E-state index >= 15 is 0 Å². The van der Waals surface area contributed by atoms with Gasteiger partial charge in [-0.3, -0.25) is 4.79 Å². The molecule has 1 N–H and O–H groups in total. The van der Waals surface area contributed by atoms with Crippen LogP contribution in [0.25, 0.3) is 22.2 Å². The maximum atomic E-state index is 12.8. The summed E-state index contributed by atoms with van der Waals surface area (Å²) < 4.78 is 5.06. The van der Waals surface area contributed by atoms with Crippen LogP contribution in [0.15, 0.2) is 53.3 Å². The van der Waals surface area contributed by atoms with Crippen molar-refractivity contribution in [2.75, 3.05) is 6.61 Å². The summed E-state index contributed by atoms with van der Waals surface area (Å²) in [5.41, 5.74) is 1.45. The fraction of sp³-hybridized carbons (Fsp3) is 0.111. The zero-order chi connectivity index (χ0) is 16.4. The highest BCUT2D eigenvalue weighted by atomic mass is 35.5. The molecule has 0 aliphatic rings. The Morgan fingerprint density at radius 1 is 1.13 bits per heavy atom. The molecule has 5 heteroatoms. The molecule has 0 aliphatic carbocycles. The van der Waals surface area contributed by atoms with Gasteiger partial charge < -0.3 is 9.72 Å². The van der Waals surface area contributed by atoms with Crippen LogP contribution in [0, 0.1) is 0 Å². The number of ether oxygens (including phenoxy) is 1. The van der Waals surface area contributed by atoms with Crippen molar-refractivity contribution in [2.45, 2.75) is 6.92 Å². The molecule has 23 heavy (non-hydrogen) atoms. The van der Waals surface area contributed by atoms with Crippen LogP contribution in [-0.2, 0) is 4.74 Å². The Hall–Kier alpha value is -2.59. The zero-order valence-electron chi connectivity index (χ0n) is 12.4. The number of carbonyl (C=O) groups excluding carboxylic acids is 1. The van der Waals surface area contributed by atoms with Gasteiger partial charge in [-0.15, -0.1) is 0 Å². The van der Waals surface area contributed by atoms with Gasteiger partial charge in [-0.2, -0.15) is 0 Å². The van der Waals surface area contributed by atoms with Gasteiger partial charge in [-0.05, 0) is 36.8 Å². The number of benzene rings is 2. The first-order valence-electron chi connectivity index (χ1n) is 7.20. The molecule has 0 atom stereocenters. The van der Waals surface area contributed by atoms with Gasteiger partial charge in [0, 0.05) is 15.9 Å². The summed E-state index contributed by atoms with van der Waals surface area (Å²) in [4.78, 5) is 28.2. The average Bonchev–Trinajstić information content (AvgIpc) is 2.55. The SMILES string of the molecule is CCOC(=O)c1c(-c2ccc(Cl)cc2)[nH]c2ccccc2c1=O. The number of esters is 1. The molecule has 3 rings (SSSR count). The first-order valence-corrected chi connectivity index (χ1v) is 7.57. The number of rotatable bonds is 3. The van der Waals surface area contributed by atoms with Gasteiger partial charge in [0.25, 0.3) is 0 Å². The minimum absolute atomic E-state index is 0.00729. The van der Waals surface area contributed by atoms with Crippen molar-refractivity contribution in [1.82, 2.24) is 4.98 Å². The Kier molecular flexibility index (Phi) is 4.17. The van der Waals surface area contributed by atoms with Crippen LogP contribution in [0.3, 0.4) is 0 Å². The highest BCUT2D eigenvalue weighted by Gasteiger charge is 2.21. The number of nitrogens with one attached hydrogen (secondary N) is 1. The lowest BCUT2D eigenvalue weighted by molar-refractivity contribution is 0.0525. The Bertz CT molecular complexity index is 929. The van der Waals surface area contributed by atoms with Crippen LogP contribution in [0.4, 0.5) is 0 Å². The second-order valence-electron chi connectivity index (χ2n) is 4.98. The van der Waals surface area contributed by atoms with Crippen molar-refractivity contribution in [3.05, 3.63) is 69.3 Å². The maximum Gasteiger partial charge on any atom is 0.344 e. The normalized spacial score (nSPS) is 10.7. The van der Waals surface area contributed by atoms with E-state index in [4.69, 9.17) is 16.3 Å². The Balaban J connectivity index is 2.34. The number of hydrogen-bond acceptors (Lipinski definition) is 3. The lowest BCUT2D eigenvalue weighted by Gasteiger charge is -2.11. The van der Waals surface area contributed by atoms with Crippen molar-refractivity contribution in [3.8, 4) is 11.3 Å². The third-order valence-corrected chi connectivity index (χ3v) is 3.77. The van der Waals surface area contributed by atoms with Gasteiger partial charge >= 0.3 is 5.97 Å². The quantitative estimate of drug-likeness (QED) is 0.739. The number of aromatic amines is 1. The van der Waals surface area contributed by atoms with Crippen molar-refractivity contribution in [1.29, 1.82) is 0 Å². The number of carbonyl (C=O) groups is 1. The summed E-state index contributed by atoms with van der Waals surface area (Å²) in [6.07, 6.45) is 0. The molecule has 0 fully saturated rings. The Morgan fingerprint density at radius 3 is 2.52 bits per heavy atom. The Morgan fingerprint density at radius 2 is 1.83 bits per heavy atom. The molecule has 0 saturated heterocycles. The van der Waals surface area contributed by atoms with Gasteiger partial charge in [-0.25, -0.2) is 4.79 Å². The van der Waals surface area contributed by atoms with Crippen LogP contribution in [0.5, 0.6) is 0 Å². The minimum atomic E-state index is -0.635. The van der Waals surface area contributed by atoms with E-state index in [0.29, 0.717) is 27.2 Å². The largest absolute Gasteiger partial charge is 0.462 e. The average molecular weight is 328 g/mol. The van der Waals surface area contributed by atoms with Crippen molar-refractivity contribution in [2.24, 2.45) is 0 Å². The monoisotopic (exact) mass is 327 g/mol. The van der Waals surface area contributed by atoms with Gasteiger partial charge in [-0.1, -0.05) is 35.9 Å². The van der Waals surface area contributed by atoms with Crippen molar-refractivity contribution < 1.29 is 9.53 Å². The summed E-state index contributed by atoms with van der Waals surface area (Å²) in [6, 6.07) is 14.0. The van der Waals surface area contributed by atoms with Crippen LogP contribution in [0.1, 0.15) is 17.3 Å². The third kappa shape index (κ3) is 2.85. The topological polar surface area (TPSA) is 59.2 Å². The number of pyridine rings is 1. The molecule has 0 unspecified atom stereocenters. The van der Waals surface area contributed by atoms with Gasteiger partial charge in [0.15, 0.2) is 0 Å². The molecule has 0 radical (unpaired) electrons. The summed E-state index contributed by atoms with van der Waals surface area (Å²) in [5, 5.41) is 1.03. The van der Waals surface area contributed by atoms with Crippen molar-refractivity contribution in [3.63, 3.8) is 0 Å². The third-order valence-electron chi connectivity index (χ3n) is 3.52. The molecule has 3 aromatic rings. The molecule has 1 aromatic heterocycles. The summed E-state index contributed by atoms with van der Waals surface area (Å²) in [6.45, 7) is 1.90. The molecule has 0 saturated carbocycles. The van der Waals surface area contributed by atoms with Crippen LogP contribution < -0.4 is 5.43 Å². The first-order chi connectivity index (χ1) is 11.1. The van der Waals surface area contributed by atoms with E-state index in [1.807, 2.05) is 6.07 Å². The highest BCUT2D eigenvalue weighted by molar-refractivity contribution is 6.30. The summed E-state index contributed by atoms with van der Waals surface area (Å²) in [5.74, 6) is -0.635. The van der Waals surface area contributed by atoms with Gasteiger partial charge in [0.2, 0.25) is 5.43 Å². The number of fused-ring (bicyclic) bond motifs is 1. The molecular formula is C18H14ClNO3. The molecule has 1 heterocycles. The standard InChI is InChI=1S/C18H14ClNO3/c1-2-23-18(22)15-16(11-7-9-12(19)10-8-11)20-14-6-4-3-5-13(14)17(15)21/h3-10H,2H2,1H3,(H,20,21). The minimum Gasteiger partial charge on any atom is -0.462 e. The maximum absolute atomic E-state index is 12.8. The van der Waals surface area contributed by atoms with E-state index < -0.39 is 5.97 Å². The van der Waals surface area contributed by atoms with Gasteiger partial charge in [0.05, 0.1) is 12.3 Å². The summed E-state index contributed by atoms with van der Waals surface area (Å²) >= 11 is 5.91. The van der Waals surface area contributed by atoms with Gasteiger partial charge in [0.1, 0.15) is 5.56 Å². The fourth-order valence-corrected chi connectivity index (χ4v) is 2.59. The highest BCUT2D eigenvalue weighted by Crippen LogP contribution is 2.24. The second-order valence-corrected chi connectivity index (χ2v) is 5.41. The predicted molar refractivity (Wildman–Crippen MR) is 91.0 cm³/mol. The smallest absolute Gasteiger partial charge is 0.344 e.